The van der Waals surface area contributed by atoms with Crippen LogP contribution >= 0.6 is 0 Å². The van der Waals surface area contributed by atoms with Gasteiger partial charge in [-0.15, -0.1) is 0 Å². The van der Waals surface area contributed by atoms with Gasteiger partial charge < -0.3 is 15.2 Å². The summed E-state index contributed by atoms with van der Waals surface area (Å²) in [6.45, 7) is 3.81. The predicted octanol–water partition coefficient (Wildman–Crippen LogP) is 1.39. The van der Waals surface area contributed by atoms with Crippen LogP contribution in [-0.2, 0) is 0 Å². The molecule has 2 aromatic rings. The fourth-order valence-corrected chi connectivity index (χ4v) is 2.41. The van der Waals surface area contributed by atoms with Crippen LogP contribution in [0.25, 0.3) is 10.9 Å². The first-order valence-corrected chi connectivity index (χ1v) is 5.91. The number of nitrogens with zero attached hydrogens (tertiary/aromatic N) is 1. The van der Waals surface area contributed by atoms with Gasteiger partial charge in [0.25, 0.3) is 0 Å². The molecule has 1 aromatic heterocycles. The molecule has 17 heavy (non-hydrogen) atoms. The van der Waals surface area contributed by atoms with E-state index in [4.69, 9.17) is 0 Å². The Kier molecular flexibility index (Phi) is 2.57. The standard InChI is InChI=1S/C13H15N3O/c17-9-11-10-3-1-2-4-12(10)15-13(11)16-7-5-14-6-8-16/h1-4,9,14-15H,5-8H2. The van der Waals surface area contributed by atoms with Gasteiger partial charge in [-0.05, 0) is 6.07 Å². The third-order valence-electron chi connectivity index (χ3n) is 3.28. The number of aromatic amines is 1. The molecule has 3 rings (SSSR count). The Bertz CT molecular complexity index is 541. The molecule has 4 nitrogen and oxygen atoms in total. The maximum Gasteiger partial charge on any atom is 0.154 e. The minimum atomic E-state index is 0.780. The lowest BCUT2D eigenvalue weighted by Gasteiger charge is -2.28. The second-order valence-electron chi connectivity index (χ2n) is 4.29. The smallest absolute Gasteiger partial charge is 0.154 e. The molecule has 1 aliphatic rings. The van der Waals surface area contributed by atoms with Crippen LogP contribution < -0.4 is 10.2 Å². The lowest BCUT2D eigenvalue weighted by atomic mass is 10.2. The molecule has 0 unspecified atom stereocenters. The number of carbonyl (C=O) groups excluding carboxylic acids is 1. The number of aromatic nitrogens is 1. The van der Waals surface area contributed by atoms with Gasteiger partial charge >= 0.3 is 0 Å². The van der Waals surface area contributed by atoms with E-state index in [1.165, 1.54) is 0 Å². The monoisotopic (exact) mass is 229 g/mol. The highest BCUT2D eigenvalue weighted by Crippen LogP contribution is 2.27. The van der Waals surface area contributed by atoms with Crippen molar-refractivity contribution in [3.05, 3.63) is 29.8 Å². The Morgan fingerprint density at radius 2 is 1.94 bits per heavy atom. The molecular weight excluding hydrogens is 214 g/mol. The quantitative estimate of drug-likeness (QED) is 0.765. The zero-order chi connectivity index (χ0) is 11.7. The molecule has 0 spiro atoms. The Labute approximate surface area is 99.6 Å². The summed E-state index contributed by atoms with van der Waals surface area (Å²) in [5.41, 5.74) is 1.81. The number of fused-ring (bicyclic) bond motifs is 1. The first kappa shape index (κ1) is 10.4. The highest BCUT2D eigenvalue weighted by molar-refractivity contribution is 6.03. The molecule has 0 radical (unpaired) electrons. The zero-order valence-corrected chi connectivity index (χ0v) is 9.57. The third kappa shape index (κ3) is 1.70. The molecule has 0 saturated carbocycles. The van der Waals surface area contributed by atoms with Gasteiger partial charge in [0.2, 0.25) is 0 Å². The number of H-pyrrole nitrogens is 1. The lowest BCUT2D eigenvalue weighted by molar-refractivity contribution is 0.112. The highest BCUT2D eigenvalue weighted by atomic mass is 16.1. The summed E-state index contributed by atoms with van der Waals surface area (Å²) in [6.07, 6.45) is 0.955. The summed E-state index contributed by atoms with van der Waals surface area (Å²) < 4.78 is 0. The van der Waals surface area contributed by atoms with E-state index in [0.29, 0.717) is 0 Å². The maximum atomic E-state index is 11.3. The summed E-state index contributed by atoms with van der Waals surface area (Å²) in [5, 5.41) is 4.32. The van der Waals surface area contributed by atoms with Crippen LogP contribution in [0.2, 0.25) is 0 Å². The van der Waals surface area contributed by atoms with Crippen LogP contribution in [0.5, 0.6) is 0 Å². The third-order valence-corrected chi connectivity index (χ3v) is 3.28. The molecule has 2 heterocycles. The zero-order valence-electron chi connectivity index (χ0n) is 9.57. The van der Waals surface area contributed by atoms with E-state index in [9.17, 15) is 4.79 Å². The lowest BCUT2D eigenvalue weighted by Crippen LogP contribution is -2.44. The van der Waals surface area contributed by atoms with Crippen LogP contribution in [0.15, 0.2) is 24.3 Å². The predicted molar refractivity (Wildman–Crippen MR) is 68.8 cm³/mol. The Balaban J connectivity index is 2.11. The van der Waals surface area contributed by atoms with Gasteiger partial charge in [-0.3, -0.25) is 4.79 Å². The molecule has 4 heteroatoms. The number of nitrogens with one attached hydrogen (secondary N) is 2. The minimum Gasteiger partial charge on any atom is -0.355 e. The van der Waals surface area contributed by atoms with Gasteiger partial charge in [0.15, 0.2) is 6.29 Å². The van der Waals surface area contributed by atoms with E-state index >= 15 is 0 Å². The molecule has 0 aliphatic carbocycles. The van der Waals surface area contributed by atoms with Crippen LogP contribution in [0.3, 0.4) is 0 Å². The summed E-state index contributed by atoms with van der Waals surface area (Å²) in [4.78, 5) is 16.9. The topological polar surface area (TPSA) is 48.1 Å². The highest BCUT2D eigenvalue weighted by Gasteiger charge is 2.18. The van der Waals surface area contributed by atoms with Gasteiger partial charge in [-0.2, -0.15) is 0 Å². The van der Waals surface area contributed by atoms with Crippen LogP contribution in [0, 0.1) is 0 Å². The number of piperazine rings is 1. The SMILES string of the molecule is O=Cc1c(N2CCNCC2)[nH]c2ccccc12. The van der Waals surface area contributed by atoms with Gasteiger partial charge in [0.05, 0.1) is 5.56 Å². The van der Waals surface area contributed by atoms with Crippen LogP contribution in [0.4, 0.5) is 5.82 Å². The number of anilines is 1. The molecule has 0 amide bonds. The average Bonchev–Trinajstić information content (AvgIpc) is 2.78. The summed E-state index contributed by atoms with van der Waals surface area (Å²) in [5.74, 6) is 0.961. The molecule has 2 N–H and O–H groups in total. The Morgan fingerprint density at radius 3 is 2.71 bits per heavy atom. The second kappa shape index (κ2) is 4.22. The van der Waals surface area contributed by atoms with E-state index in [2.05, 4.69) is 15.2 Å². The number of benzene rings is 1. The van der Waals surface area contributed by atoms with Gasteiger partial charge in [-0.1, -0.05) is 18.2 Å². The van der Waals surface area contributed by atoms with Crippen LogP contribution in [0.1, 0.15) is 10.4 Å². The first-order chi connectivity index (χ1) is 8.40. The number of rotatable bonds is 2. The minimum absolute atomic E-state index is 0.780. The number of aldehydes is 1. The van der Waals surface area contributed by atoms with Crippen molar-refractivity contribution in [2.45, 2.75) is 0 Å². The number of para-hydroxylation sites is 1. The van der Waals surface area contributed by atoms with E-state index in [0.717, 1.165) is 54.7 Å². The fourth-order valence-electron chi connectivity index (χ4n) is 2.41. The largest absolute Gasteiger partial charge is 0.355 e. The Morgan fingerprint density at radius 1 is 1.18 bits per heavy atom. The van der Waals surface area contributed by atoms with E-state index in [1.54, 1.807) is 0 Å². The number of hydrogen-bond acceptors (Lipinski definition) is 3. The number of carbonyl (C=O) groups is 1. The average molecular weight is 229 g/mol. The van der Waals surface area contributed by atoms with Crippen molar-refractivity contribution in [1.29, 1.82) is 0 Å². The van der Waals surface area contributed by atoms with Crippen molar-refractivity contribution in [2.24, 2.45) is 0 Å². The van der Waals surface area contributed by atoms with Crippen molar-refractivity contribution in [1.82, 2.24) is 10.3 Å². The molecule has 1 saturated heterocycles. The van der Waals surface area contributed by atoms with Crippen molar-refractivity contribution in [3.63, 3.8) is 0 Å². The molecule has 0 bridgehead atoms. The van der Waals surface area contributed by atoms with Gasteiger partial charge in [0, 0.05) is 37.1 Å². The van der Waals surface area contributed by atoms with E-state index in [1.807, 2.05) is 24.3 Å². The second-order valence-corrected chi connectivity index (χ2v) is 4.29. The summed E-state index contributed by atoms with van der Waals surface area (Å²) >= 11 is 0. The van der Waals surface area contributed by atoms with Crippen molar-refractivity contribution in [3.8, 4) is 0 Å². The number of hydrogen-bond donors (Lipinski definition) is 2. The van der Waals surface area contributed by atoms with E-state index in [-0.39, 0.29) is 0 Å². The van der Waals surface area contributed by atoms with Crippen LogP contribution in [-0.4, -0.2) is 37.4 Å². The van der Waals surface area contributed by atoms with Crippen molar-refractivity contribution < 1.29 is 4.79 Å². The fraction of sp³-hybridized carbons (Fsp3) is 0.308. The van der Waals surface area contributed by atoms with Gasteiger partial charge in [0.1, 0.15) is 5.82 Å². The normalized spacial score (nSPS) is 16.4. The summed E-state index contributed by atoms with van der Waals surface area (Å²) in [6, 6.07) is 7.94. The molecule has 1 fully saturated rings. The summed E-state index contributed by atoms with van der Waals surface area (Å²) in [7, 11) is 0. The van der Waals surface area contributed by atoms with Crippen molar-refractivity contribution >= 4 is 23.0 Å². The molecular formula is C13H15N3O. The molecule has 88 valence electrons. The molecule has 1 aliphatic heterocycles. The van der Waals surface area contributed by atoms with Crippen molar-refractivity contribution in [2.75, 3.05) is 31.1 Å². The Hall–Kier alpha value is -1.81. The first-order valence-electron chi connectivity index (χ1n) is 5.91. The van der Waals surface area contributed by atoms with Gasteiger partial charge in [-0.25, -0.2) is 0 Å². The maximum absolute atomic E-state index is 11.3. The van der Waals surface area contributed by atoms with E-state index < -0.39 is 0 Å². The molecule has 1 aromatic carbocycles. The molecule has 0 atom stereocenters.